The van der Waals surface area contributed by atoms with Crippen LogP contribution < -0.4 is 16.4 Å². The maximum atomic E-state index is 14.8. The van der Waals surface area contributed by atoms with E-state index < -0.39 is 5.82 Å². The summed E-state index contributed by atoms with van der Waals surface area (Å²) in [7, 11) is 0. The molecule has 33 heavy (non-hydrogen) atoms. The quantitative estimate of drug-likeness (QED) is 0.614. The molecule has 5 fully saturated rings. The van der Waals surface area contributed by atoms with Crippen LogP contribution in [0.5, 0.6) is 0 Å². The summed E-state index contributed by atoms with van der Waals surface area (Å²) in [5.74, 6) is -0.0203. The molecule has 4 saturated carbocycles. The Labute approximate surface area is 195 Å². The molecule has 4 N–H and O–H groups in total. The van der Waals surface area contributed by atoms with Gasteiger partial charge in [-0.05, 0) is 98.9 Å². The minimum atomic E-state index is -0.417. The molecule has 2 atom stereocenters. The molecule has 0 radical (unpaired) electrons. The van der Waals surface area contributed by atoms with Gasteiger partial charge in [0.2, 0.25) is 5.91 Å². The molecule has 180 valence electrons. The van der Waals surface area contributed by atoms with Gasteiger partial charge in [-0.15, -0.1) is 0 Å². The van der Waals surface area contributed by atoms with Crippen molar-refractivity contribution in [2.45, 2.75) is 77.3 Å². The first-order valence-corrected chi connectivity index (χ1v) is 12.4. The van der Waals surface area contributed by atoms with Gasteiger partial charge in [0.1, 0.15) is 5.82 Å². The van der Waals surface area contributed by atoms with Crippen LogP contribution in [0.15, 0.2) is 18.2 Å². The van der Waals surface area contributed by atoms with Gasteiger partial charge in [0.15, 0.2) is 0 Å². The van der Waals surface area contributed by atoms with Crippen LogP contribution in [0.25, 0.3) is 0 Å². The highest BCUT2D eigenvalue weighted by Crippen LogP contribution is 2.66. The largest absolute Gasteiger partial charge is 0.369 e. The summed E-state index contributed by atoms with van der Waals surface area (Å²) < 4.78 is 14.8. The number of halogens is 1. The monoisotopic (exact) mass is 456 g/mol. The number of benzene rings is 1. The second-order valence-electron chi connectivity index (χ2n) is 12.3. The van der Waals surface area contributed by atoms with E-state index in [-0.39, 0.29) is 29.1 Å². The highest BCUT2D eigenvalue weighted by molar-refractivity contribution is 5.90. The molecule has 3 amide bonds. The fraction of sp³-hybridized carbons (Fsp3) is 0.692. The molecule has 4 bridgehead atoms. The molecule has 1 aliphatic heterocycles. The molecule has 5 aliphatic rings. The standard InChI is InChI=1S/C26H37FN4O2/c1-24-10-18-11-25(2,14-24)16-26(12-18,15-24)30-23(33)29-21-4-3-17(9-20(21)27)13-31-7-5-19(6-8-31)22(28)32/h3-4,9,18-19H,5-8,10-16H2,1-2H3,(H2,28,32)(H2,29,30,33). The summed E-state index contributed by atoms with van der Waals surface area (Å²) in [5.41, 5.74) is 6.92. The summed E-state index contributed by atoms with van der Waals surface area (Å²) in [4.78, 5) is 26.5. The predicted molar refractivity (Wildman–Crippen MR) is 126 cm³/mol. The molecule has 0 spiro atoms. The van der Waals surface area contributed by atoms with E-state index in [4.69, 9.17) is 5.73 Å². The van der Waals surface area contributed by atoms with Crippen molar-refractivity contribution < 1.29 is 14.0 Å². The first kappa shape index (κ1) is 22.6. The van der Waals surface area contributed by atoms with E-state index in [0.29, 0.717) is 23.3 Å². The van der Waals surface area contributed by atoms with Crippen LogP contribution in [-0.2, 0) is 11.3 Å². The van der Waals surface area contributed by atoms with Crippen molar-refractivity contribution in [3.63, 3.8) is 0 Å². The Morgan fingerprint density at radius 1 is 1.09 bits per heavy atom. The molecule has 1 aromatic rings. The van der Waals surface area contributed by atoms with Crippen LogP contribution in [0.4, 0.5) is 14.9 Å². The van der Waals surface area contributed by atoms with E-state index in [1.807, 2.05) is 6.07 Å². The van der Waals surface area contributed by atoms with Crippen molar-refractivity contribution in [1.29, 1.82) is 0 Å². The van der Waals surface area contributed by atoms with Gasteiger partial charge in [-0.3, -0.25) is 9.69 Å². The van der Waals surface area contributed by atoms with E-state index in [1.165, 1.54) is 25.3 Å². The summed E-state index contributed by atoms with van der Waals surface area (Å²) >= 11 is 0. The summed E-state index contributed by atoms with van der Waals surface area (Å²) in [6.45, 7) is 6.92. The van der Waals surface area contributed by atoms with E-state index in [0.717, 1.165) is 50.8 Å². The first-order chi connectivity index (χ1) is 15.5. The third-order valence-electron chi connectivity index (χ3n) is 8.68. The Hall–Kier alpha value is -2.15. The van der Waals surface area contributed by atoms with Crippen LogP contribution >= 0.6 is 0 Å². The second kappa shape index (κ2) is 7.97. The lowest BCUT2D eigenvalue weighted by Crippen LogP contribution is -2.65. The van der Waals surface area contributed by atoms with Crippen LogP contribution in [-0.4, -0.2) is 35.5 Å². The number of nitrogens with one attached hydrogen (secondary N) is 2. The normalized spacial score (nSPS) is 36.0. The fourth-order valence-electron chi connectivity index (χ4n) is 8.37. The number of anilines is 1. The average molecular weight is 457 g/mol. The third kappa shape index (κ3) is 4.61. The molecule has 1 aromatic carbocycles. The number of piperidine rings is 1. The van der Waals surface area contributed by atoms with Gasteiger partial charge in [-0.1, -0.05) is 19.9 Å². The lowest BCUT2D eigenvalue weighted by molar-refractivity contribution is -0.123. The second-order valence-corrected chi connectivity index (χ2v) is 12.3. The van der Waals surface area contributed by atoms with Crippen molar-refractivity contribution in [3.8, 4) is 0 Å². The number of nitrogens with zero attached hydrogens (tertiary/aromatic N) is 1. The average Bonchev–Trinajstić information content (AvgIpc) is 2.67. The minimum Gasteiger partial charge on any atom is -0.369 e. The molecule has 0 aromatic heterocycles. The van der Waals surface area contributed by atoms with Crippen LogP contribution in [0.1, 0.15) is 70.8 Å². The van der Waals surface area contributed by atoms with Crippen molar-refractivity contribution in [2.75, 3.05) is 18.4 Å². The smallest absolute Gasteiger partial charge is 0.319 e. The number of hydrogen-bond acceptors (Lipinski definition) is 3. The fourth-order valence-corrected chi connectivity index (χ4v) is 8.37. The van der Waals surface area contributed by atoms with E-state index in [9.17, 15) is 14.0 Å². The number of rotatable bonds is 5. The topological polar surface area (TPSA) is 87.5 Å². The van der Waals surface area contributed by atoms with Crippen LogP contribution in [0, 0.1) is 28.5 Å². The lowest BCUT2D eigenvalue weighted by atomic mass is 9.43. The van der Waals surface area contributed by atoms with Gasteiger partial charge >= 0.3 is 6.03 Å². The molecule has 7 heteroatoms. The zero-order valence-corrected chi connectivity index (χ0v) is 19.9. The number of hydrogen-bond donors (Lipinski definition) is 3. The molecule has 1 heterocycles. The SMILES string of the molecule is CC12CC3CC(C)(C1)CC(NC(=O)Nc1ccc(CN4CCC(C(N)=O)CC4)cc1F)(C3)C2. The van der Waals surface area contributed by atoms with E-state index >= 15 is 0 Å². The number of likely N-dealkylation sites (tertiary alicyclic amines) is 1. The van der Waals surface area contributed by atoms with Gasteiger partial charge in [-0.2, -0.15) is 0 Å². The van der Waals surface area contributed by atoms with Crippen molar-refractivity contribution in [1.82, 2.24) is 10.2 Å². The number of primary amides is 1. The number of urea groups is 1. The van der Waals surface area contributed by atoms with Gasteiger partial charge in [0.05, 0.1) is 5.69 Å². The number of carbonyl (C=O) groups excluding carboxylic acids is 2. The molecule has 1 saturated heterocycles. The van der Waals surface area contributed by atoms with Gasteiger partial charge in [0.25, 0.3) is 0 Å². The summed E-state index contributed by atoms with van der Waals surface area (Å²) in [6.07, 6.45) is 8.36. The highest BCUT2D eigenvalue weighted by atomic mass is 19.1. The predicted octanol–water partition coefficient (Wildman–Crippen LogP) is 4.39. The minimum absolute atomic E-state index is 0.0535. The third-order valence-corrected chi connectivity index (χ3v) is 8.68. The van der Waals surface area contributed by atoms with Gasteiger partial charge < -0.3 is 16.4 Å². The molecular formula is C26H37FN4O2. The zero-order valence-electron chi connectivity index (χ0n) is 19.9. The maximum absolute atomic E-state index is 14.8. The van der Waals surface area contributed by atoms with Crippen LogP contribution in [0.3, 0.4) is 0 Å². The number of amides is 3. The number of nitrogens with two attached hydrogens (primary N) is 1. The zero-order chi connectivity index (χ0) is 23.4. The molecule has 6 nitrogen and oxygen atoms in total. The summed E-state index contributed by atoms with van der Waals surface area (Å²) in [6, 6.07) is 4.72. The van der Waals surface area contributed by atoms with Gasteiger partial charge in [-0.25, -0.2) is 9.18 Å². The van der Waals surface area contributed by atoms with Crippen LogP contribution in [0.2, 0.25) is 0 Å². The number of carbonyl (C=O) groups is 2. The van der Waals surface area contributed by atoms with Crippen molar-refractivity contribution in [2.24, 2.45) is 28.4 Å². The Morgan fingerprint density at radius 2 is 1.76 bits per heavy atom. The Balaban J connectivity index is 1.19. The van der Waals surface area contributed by atoms with Crippen molar-refractivity contribution in [3.05, 3.63) is 29.6 Å². The van der Waals surface area contributed by atoms with E-state index in [2.05, 4.69) is 29.4 Å². The first-order valence-electron chi connectivity index (χ1n) is 12.4. The highest BCUT2D eigenvalue weighted by Gasteiger charge is 2.60. The molecule has 4 aliphatic carbocycles. The molecule has 6 rings (SSSR count). The summed E-state index contributed by atoms with van der Waals surface area (Å²) in [5, 5.41) is 6.05. The molecule has 2 unspecified atom stereocenters. The Kier molecular flexibility index (Phi) is 5.46. The Bertz CT molecular complexity index is 940. The maximum Gasteiger partial charge on any atom is 0.319 e. The van der Waals surface area contributed by atoms with Crippen molar-refractivity contribution >= 4 is 17.6 Å². The van der Waals surface area contributed by atoms with Gasteiger partial charge in [0, 0.05) is 18.0 Å². The lowest BCUT2D eigenvalue weighted by Gasteiger charge is -2.65. The molecular weight excluding hydrogens is 419 g/mol. The Morgan fingerprint density at radius 3 is 2.33 bits per heavy atom. The van der Waals surface area contributed by atoms with E-state index in [1.54, 1.807) is 6.07 Å².